The van der Waals surface area contributed by atoms with Crippen molar-refractivity contribution in [3.8, 4) is 0 Å². The largest absolute Gasteiger partial charge is 0.359 e. The third kappa shape index (κ3) is 1.67. The van der Waals surface area contributed by atoms with Crippen molar-refractivity contribution in [3.05, 3.63) is 42.3 Å². The van der Waals surface area contributed by atoms with E-state index in [2.05, 4.69) is 43.3 Å². The van der Waals surface area contributed by atoms with E-state index in [0.717, 1.165) is 0 Å². The van der Waals surface area contributed by atoms with E-state index >= 15 is 0 Å². The molecular formula is C11H17N. The molecule has 0 atom stereocenters. The standard InChI is InChI=1S/C9H11N.C2H4.H2/c1-7-6-8-4-2-3-5-9(8)10-7;1-2;/h3,5-6,10H,2,4H2,1H3;1-2H2;1H. The molecule has 1 nitrogen and oxygen atoms in total. The van der Waals surface area contributed by atoms with Crippen LogP contribution in [0.3, 0.4) is 0 Å². The lowest BCUT2D eigenvalue weighted by atomic mass is 10.1. The van der Waals surface area contributed by atoms with Crippen molar-refractivity contribution in [3.63, 3.8) is 0 Å². The van der Waals surface area contributed by atoms with Gasteiger partial charge in [-0.05, 0) is 37.5 Å². The number of hydrogen-bond donors (Lipinski definition) is 1. The minimum absolute atomic E-state index is 0. The second kappa shape index (κ2) is 3.96. The highest BCUT2D eigenvalue weighted by molar-refractivity contribution is 5.53. The number of allylic oxidation sites excluding steroid dienone is 1. The van der Waals surface area contributed by atoms with Crippen LogP contribution in [-0.2, 0) is 6.42 Å². The molecule has 1 heteroatoms. The van der Waals surface area contributed by atoms with Gasteiger partial charge in [-0.1, -0.05) is 6.08 Å². The van der Waals surface area contributed by atoms with E-state index in [1.165, 1.54) is 29.8 Å². The van der Waals surface area contributed by atoms with Gasteiger partial charge in [0.25, 0.3) is 0 Å². The monoisotopic (exact) mass is 163 g/mol. The van der Waals surface area contributed by atoms with Gasteiger partial charge in [0.05, 0.1) is 0 Å². The number of hydrogen-bond acceptors (Lipinski definition) is 0. The molecule has 0 aromatic carbocycles. The Balaban J connectivity index is 0.000000451. The summed E-state index contributed by atoms with van der Waals surface area (Å²) in [6.07, 6.45) is 6.80. The maximum Gasteiger partial charge on any atom is 0.0411 e. The first-order chi connectivity index (χ1) is 5.86. The maximum atomic E-state index is 3.31. The number of aromatic amines is 1. The van der Waals surface area contributed by atoms with Gasteiger partial charge in [0, 0.05) is 12.8 Å². The smallest absolute Gasteiger partial charge is 0.0411 e. The van der Waals surface area contributed by atoms with Crippen molar-refractivity contribution in [2.75, 3.05) is 0 Å². The summed E-state index contributed by atoms with van der Waals surface area (Å²) in [5.41, 5.74) is 4.06. The van der Waals surface area contributed by atoms with E-state index in [9.17, 15) is 0 Å². The Hall–Kier alpha value is -1.24. The van der Waals surface area contributed by atoms with Crippen molar-refractivity contribution in [1.29, 1.82) is 0 Å². The fraction of sp³-hybridized carbons (Fsp3) is 0.273. The molecule has 0 spiro atoms. The summed E-state index contributed by atoms with van der Waals surface area (Å²) < 4.78 is 0. The molecule has 12 heavy (non-hydrogen) atoms. The number of fused-ring (bicyclic) bond motifs is 1. The Morgan fingerprint density at radius 1 is 1.50 bits per heavy atom. The average Bonchev–Trinajstić information content (AvgIpc) is 2.48. The Morgan fingerprint density at radius 3 is 2.92 bits per heavy atom. The summed E-state index contributed by atoms with van der Waals surface area (Å²) in [6, 6.07) is 2.23. The second-order valence-electron chi connectivity index (χ2n) is 2.83. The molecule has 0 amide bonds. The highest BCUT2D eigenvalue weighted by Crippen LogP contribution is 2.18. The number of rotatable bonds is 0. The number of aryl methyl sites for hydroxylation is 2. The van der Waals surface area contributed by atoms with Crippen molar-refractivity contribution < 1.29 is 1.43 Å². The highest BCUT2D eigenvalue weighted by atomic mass is 14.7. The van der Waals surface area contributed by atoms with E-state index in [-0.39, 0.29) is 1.43 Å². The van der Waals surface area contributed by atoms with Gasteiger partial charge in [-0.2, -0.15) is 0 Å². The summed E-state index contributed by atoms with van der Waals surface area (Å²) in [4.78, 5) is 3.31. The molecular weight excluding hydrogens is 146 g/mol. The van der Waals surface area contributed by atoms with Crippen LogP contribution in [0.1, 0.15) is 24.8 Å². The third-order valence-electron chi connectivity index (χ3n) is 1.93. The summed E-state index contributed by atoms with van der Waals surface area (Å²) in [5.74, 6) is 0. The first kappa shape index (κ1) is 8.85. The van der Waals surface area contributed by atoms with Gasteiger partial charge in [0.1, 0.15) is 0 Å². The lowest BCUT2D eigenvalue weighted by Gasteiger charge is -2.01. The molecule has 0 radical (unpaired) electrons. The molecule has 2 rings (SSSR count). The molecule has 66 valence electrons. The molecule has 1 N–H and O–H groups in total. The van der Waals surface area contributed by atoms with E-state index in [0.29, 0.717) is 0 Å². The summed E-state index contributed by atoms with van der Waals surface area (Å²) in [5, 5.41) is 0. The second-order valence-corrected chi connectivity index (χ2v) is 2.83. The van der Waals surface area contributed by atoms with Crippen LogP contribution in [-0.4, -0.2) is 4.98 Å². The molecule has 0 saturated carbocycles. The molecule has 0 saturated heterocycles. The van der Waals surface area contributed by atoms with Crippen LogP contribution in [0, 0.1) is 6.92 Å². The van der Waals surface area contributed by atoms with Gasteiger partial charge in [0.2, 0.25) is 0 Å². The van der Waals surface area contributed by atoms with Crippen molar-refractivity contribution >= 4 is 6.08 Å². The van der Waals surface area contributed by atoms with E-state index in [4.69, 9.17) is 0 Å². The molecule has 0 unspecified atom stereocenters. The molecule has 1 aromatic rings. The first-order valence-corrected chi connectivity index (χ1v) is 4.21. The van der Waals surface area contributed by atoms with Gasteiger partial charge in [-0.25, -0.2) is 0 Å². The van der Waals surface area contributed by atoms with Gasteiger partial charge in [-0.15, -0.1) is 13.2 Å². The highest BCUT2D eigenvalue weighted by Gasteiger charge is 2.05. The minimum Gasteiger partial charge on any atom is -0.359 e. The quantitative estimate of drug-likeness (QED) is 0.565. The molecule has 1 heterocycles. The Kier molecular flexibility index (Phi) is 2.92. The Morgan fingerprint density at radius 2 is 2.25 bits per heavy atom. The van der Waals surface area contributed by atoms with Crippen LogP contribution in [0.2, 0.25) is 0 Å². The number of aromatic nitrogens is 1. The lowest BCUT2D eigenvalue weighted by molar-refractivity contribution is 0.985. The van der Waals surface area contributed by atoms with E-state index in [1.807, 2.05) is 0 Å². The van der Waals surface area contributed by atoms with Crippen molar-refractivity contribution in [2.24, 2.45) is 0 Å². The van der Waals surface area contributed by atoms with Crippen molar-refractivity contribution in [2.45, 2.75) is 19.8 Å². The molecule has 0 aliphatic heterocycles. The Bertz CT molecular complexity index is 286. The van der Waals surface area contributed by atoms with Crippen molar-refractivity contribution in [1.82, 2.24) is 4.98 Å². The van der Waals surface area contributed by atoms with Crippen LogP contribution >= 0.6 is 0 Å². The summed E-state index contributed by atoms with van der Waals surface area (Å²) in [6.45, 7) is 8.10. The zero-order valence-electron chi connectivity index (χ0n) is 7.56. The fourth-order valence-corrected chi connectivity index (χ4v) is 1.46. The first-order valence-electron chi connectivity index (χ1n) is 4.21. The van der Waals surface area contributed by atoms with Gasteiger partial charge in [-0.3, -0.25) is 0 Å². The zero-order valence-corrected chi connectivity index (χ0v) is 7.56. The van der Waals surface area contributed by atoms with E-state index in [1.54, 1.807) is 0 Å². The minimum atomic E-state index is 0. The predicted octanol–water partition coefficient (Wildman–Crippen LogP) is 3.33. The molecule has 1 aromatic heterocycles. The number of nitrogens with one attached hydrogen (secondary N) is 1. The summed E-state index contributed by atoms with van der Waals surface area (Å²) in [7, 11) is 0. The van der Waals surface area contributed by atoms with Crippen LogP contribution < -0.4 is 0 Å². The zero-order chi connectivity index (χ0) is 8.97. The predicted molar refractivity (Wildman–Crippen MR) is 56.3 cm³/mol. The SMILES string of the molecule is C=C.Cc1cc2c([nH]1)C=CCC2.[HH]. The third-order valence-corrected chi connectivity index (χ3v) is 1.93. The van der Waals surface area contributed by atoms with E-state index < -0.39 is 0 Å². The van der Waals surface area contributed by atoms with Crippen LogP contribution in [0.5, 0.6) is 0 Å². The average molecular weight is 163 g/mol. The molecule has 0 fully saturated rings. The molecule has 1 aliphatic carbocycles. The molecule has 0 bridgehead atoms. The fourth-order valence-electron chi connectivity index (χ4n) is 1.46. The van der Waals surface area contributed by atoms with Crippen LogP contribution in [0.4, 0.5) is 0 Å². The lowest BCUT2D eigenvalue weighted by Crippen LogP contribution is -1.88. The van der Waals surface area contributed by atoms with Gasteiger partial charge in [0.15, 0.2) is 0 Å². The van der Waals surface area contributed by atoms with Gasteiger partial charge >= 0.3 is 0 Å². The number of H-pyrrole nitrogens is 1. The van der Waals surface area contributed by atoms with Gasteiger partial charge < -0.3 is 4.98 Å². The molecule has 1 aliphatic rings. The topological polar surface area (TPSA) is 15.8 Å². The van der Waals surface area contributed by atoms with Crippen LogP contribution in [0.25, 0.3) is 6.08 Å². The normalized spacial score (nSPS) is 13.1. The van der Waals surface area contributed by atoms with Crippen LogP contribution in [0.15, 0.2) is 25.3 Å². The maximum absolute atomic E-state index is 3.31. The Labute approximate surface area is 75.3 Å². The summed E-state index contributed by atoms with van der Waals surface area (Å²) >= 11 is 0.